The van der Waals surface area contributed by atoms with Crippen molar-refractivity contribution in [2.24, 2.45) is 4.40 Å². The number of aryl methyl sites for hydroxylation is 1. The Morgan fingerprint density at radius 3 is 2.78 bits per heavy atom. The molecule has 164 valence electrons. The van der Waals surface area contributed by atoms with Crippen molar-refractivity contribution in [3.8, 4) is 0 Å². The highest BCUT2D eigenvalue weighted by Gasteiger charge is 2.32. The van der Waals surface area contributed by atoms with Crippen LogP contribution in [0.25, 0.3) is 11.0 Å². The summed E-state index contributed by atoms with van der Waals surface area (Å²) in [4.78, 5) is 26.5. The van der Waals surface area contributed by atoms with Crippen LogP contribution in [0.5, 0.6) is 0 Å². The monoisotopic (exact) mass is 451 g/mol. The summed E-state index contributed by atoms with van der Waals surface area (Å²) >= 11 is 0. The summed E-state index contributed by atoms with van der Waals surface area (Å²) in [6.07, 6.45) is 3.51. The van der Waals surface area contributed by atoms with E-state index in [1.54, 1.807) is 30.3 Å². The highest BCUT2D eigenvalue weighted by molar-refractivity contribution is 7.90. The second kappa shape index (κ2) is 7.59. The lowest BCUT2D eigenvalue weighted by Crippen LogP contribution is -2.35. The third-order valence-electron chi connectivity index (χ3n) is 5.82. The van der Waals surface area contributed by atoms with E-state index in [1.165, 1.54) is 12.1 Å². The molecule has 0 saturated carbocycles. The van der Waals surface area contributed by atoms with Crippen LogP contribution in [-0.4, -0.2) is 26.7 Å². The van der Waals surface area contributed by atoms with E-state index in [-0.39, 0.29) is 10.5 Å². The van der Waals surface area contributed by atoms with Gasteiger partial charge >= 0.3 is 5.63 Å². The number of rotatable bonds is 2. The van der Waals surface area contributed by atoms with Gasteiger partial charge in [-0.2, -0.15) is 8.42 Å². The molecule has 0 aliphatic carbocycles. The molecule has 0 spiro atoms. The molecule has 8 nitrogen and oxygen atoms in total. The summed E-state index contributed by atoms with van der Waals surface area (Å²) in [6, 6.07) is 11.1. The maximum atomic E-state index is 12.9. The third kappa shape index (κ3) is 3.58. The van der Waals surface area contributed by atoms with Gasteiger partial charge in [-0.25, -0.2) is 4.79 Å². The SMILES string of the molecule is Cc1cc(=O)oc2cc(NC(=O)c3ccc4c(c3)S(=O)(=O)N=C3CCCCCN34)ccc12. The summed E-state index contributed by atoms with van der Waals surface area (Å²) < 4.78 is 34.8. The molecule has 9 heteroatoms. The second-order valence-electron chi connectivity index (χ2n) is 8.04. The van der Waals surface area contributed by atoms with Crippen LogP contribution in [0.2, 0.25) is 0 Å². The first-order valence-corrected chi connectivity index (χ1v) is 11.9. The molecule has 0 bridgehead atoms. The first kappa shape index (κ1) is 20.4. The largest absolute Gasteiger partial charge is 0.423 e. The topological polar surface area (TPSA) is 109 Å². The minimum atomic E-state index is -3.88. The Morgan fingerprint density at radius 1 is 1.09 bits per heavy atom. The van der Waals surface area contributed by atoms with Gasteiger partial charge in [0.05, 0.1) is 5.69 Å². The average molecular weight is 452 g/mol. The number of amidine groups is 1. The van der Waals surface area contributed by atoms with E-state index in [0.717, 1.165) is 30.2 Å². The van der Waals surface area contributed by atoms with Crippen molar-refractivity contribution in [1.82, 2.24) is 0 Å². The summed E-state index contributed by atoms with van der Waals surface area (Å²) in [6.45, 7) is 2.51. The molecule has 1 fully saturated rings. The quantitative estimate of drug-likeness (QED) is 0.593. The van der Waals surface area contributed by atoms with Crippen molar-refractivity contribution in [1.29, 1.82) is 0 Å². The van der Waals surface area contributed by atoms with Crippen LogP contribution in [0.1, 0.15) is 41.6 Å². The van der Waals surface area contributed by atoms with E-state index >= 15 is 0 Å². The Morgan fingerprint density at radius 2 is 1.94 bits per heavy atom. The number of sulfonamides is 1. The number of nitrogens with zero attached hydrogens (tertiary/aromatic N) is 2. The zero-order chi connectivity index (χ0) is 22.5. The fraction of sp³-hybridized carbons (Fsp3) is 0.261. The third-order valence-corrected chi connectivity index (χ3v) is 7.15. The lowest BCUT2D eigenvalue weighted by molar-refractivity contribution is 0.102. The Bertz CT molecular complexity index is 1460. The zero-order valence-electron chi connectivity index (χ0n) is 17.4. The van der Waals surface area contributed by atoms with Gasteiger partial charge in [0.2, 0.25) is 0 Å². The molecule has 0 radical (unpaired) electrons. The van der Waals surface area contributed by atoms with Crippen LogP contribution in [0, 0.1) is 6.92 Å². The summed E-state index contributed by atoms with van der Waals surface area (Å²) in [5, 5.41) is 3.52. The molecule has 2 aliphatic heterocycles. The van der Waals surface area contributed by atoms with E-state index in [1.807, 2.05) is 11.8 Å². The number of carbonyl (C=O) groups excluding carboxylic acids is 1. The van der Waals surface area contributed by atoms with Crippen molar-refractivity contribution in [3.63, 3.8) is 0 Å². The van der Waals surface area contributed by atoms with Crippen LogP contribution in [-0.2, 0) is 10.0 Å². The first-order valence-electron chi connectivity index (χ1n) is 10.4. The molecule has 3 aromatic rings. The molecule has 5 rings (SSSR count). The molecule has 2 aromatic carbocycles. The zero-order valence-corrected chi connectivity index (χ0v) is 18.2. The highest BCUT2D eigenvalue weighted by Crippen LogP contribution is 2.35. The van der Waals surface area contributed by atoms with Gasteiger partial charge in [-0.05, 0) is 55.7 Å². The summed E-state index contributed by atoms with van der Waals surface area (Å²) in [7, 11) is -3.88. The van der Waals surface area contributed by atoms with E-state index < -0.39 is 21.6 Å². The van der Waals surface area contributed by atoms with Gasteiger partial charge in [0.1, 0.15) is 16.3 Å². The standard InChI is InChI=1S/C23H21N3O5S/c1-14-11-22(27)31-19-13-16(7-8-17(14)19)24-23(28)15-6-9-18-20(12-15)32(29,30)25-21-5-3-2-4-10-26(18)21/h6-9,11-13H,2-5,10H2,1H3,(H,24,28). The van der Waals surface area contributed by atoms with E-state index in [9.17, 15) is 18.0 Å². The lowest BCUT2D eigenvalue weighted by Gasteiger charge is -2.29. The Labute approximate surface area is 184 Å². The van der Waals surface area contributed by atoms with E-state index in [4.69, 9.17) is 4.42 Å². The molecular formula is C23H21N3O5S. The van der Waals surface area contributed by atoms with E-state index in [2.05, 4.69) is 9.71 Å². The van der Waals surface area contributed by atoms with Crippen LogP contribution in [0.4, 0.5) is 11.4 Å². The van der Waals surface area contributed by atoms with Gasteiger partial charge in [0.25, 0.3) is 15.9 Å². The number of hydrogen-bond acceptors (Lipinski definition) is 6. The maximum Gasteiger partial charge on any atom is 0.336 e. The number of carbonyl (C=O) groups is 1. The van der Waals surface area contributed by atoms with Gasteiger partial charge in [0.15, 0.2) is 0 Å². The van der Waals surface area contributed by atoms with Gasteiger partial charge in [-0.15, -0.1) is 4.40 Å². The molecule has 3 heterocycles. The molecule has 1 aromatic heterocycles. The van der Waals surface area contributed by atoms with Crippen molar-refractivity contribution in [3.05, 3.63) is 64.0 Å². The molecule has 2 aliphatic rings. The van der Waals surface area contributed by atoms with Crippen LogP contribution in [0.3, 0.4) is 0 Å². The summed E-state index contributed by atoms with van der Waals surface area (Å²) in [5.74, 6) is 0.100. The molecule has 1 saturated heterocycles. The Balaban J connectivity index is 1.48. The molecular weight excluding hydrogens is 430 g/mol. The number of hydrogen-bond donors (Lipinski definition) is 1. The number of fused-ring (bicyclic) bond motifs is 4. The van der Waals surface area contributed by atoms with Gasteiger partial charge in [0, 0.05) is 41.7 Å². The fourth-order valence-corrected chi connectivity index (χ4v) is 5.51. The summed E-state index contributed by atoms with van der Waals surface area (Å²) in [5.41, 5.74) is 1.88. The normalized spacial score (nSPS) is 17.2. The van der Waals surface area contributed by atoms with E-state index in [0.29, 0.717) is 35.8 Å². The van der Waals surface area contributed by atoms with Crippen molar-refractivity contribution in [2.75, 3.05) is 16.8 Å². The average Bonchev–Trinajstić information content (AvgIpc) is 2.98. The minimum absolute atomic E-state index is 0.0379. The molecule has 1 N–H and O–H groups in total. The lowest BCUT2D eigenvalue weighted by atomic mass is 10.1. The first-order chi connectivity index (χ1) is 15.3. The minimum Gasteiger partial charge on any atom is -0.423 e. The van der Waals surface area contributed by atoms with Gasteiger partial charge in [-0.1, -0.05) is 6.42 Å². The number of anilines is 2. The molecule has 0 atom stereocenters. The number of benzene rings is 2. The highest BCUT2D eigenvalue weighted by atomic mass is 32.2. The predicted octanol–water partition coefficient (Wildman–Crippen LogP) is 3.83. The van der Waals surface area contributed by atoms with Gasteiger partial charge in [-0.3, -0.25) is 4.79 Å². The number of amides is 1. The van der Waals surface area contributed by atoms with Crippen LogP contribution >= 0.6 is 0 Å². The Hall–Kier alpha value is -3.46. The maximum absolute atomic E-state index is 12.9. The van der Waals surface area contributed by atoms with Crippen LogP contribution in [0.15, 0.2) is 61.0 Å². The molecule has 0 unspecified atom stereocenters. The Kier molecular flexibility index (Phi) is 4.85. The van der Waals surface area contributed by atoms with Crippen LogP contribution < -0.4 is 15.8 Å². The van der Waals surface area contributed by atoms with Crippen molar-refractivity contribution < 1.29 is 17.6 Å². The predicted molar refractivity (Wildman–Crippen MR) is 122 cm³/mol. The number of nitrogens with one attached hydrogen (secondary N) is 1. The van der Waals surface area contributed by atoms with Crippen molar-refractivity contribution >= 4 is 44.1 Å². The molecule has 1 amide bonds. The molecule has 32 heavy (non-hydrogen) atoms. The van der Waals surface area contributed by atoms with Crippen molar-refractivity contribution in [2.45, 2.75) is 37.5 Å². The fourth-order valence-electron chi connectivity index (χ4n) is 4.23. The smallest absolute Gasteiger partial charge is 0.336 e. The second-order valence-corrected chi connectivity index (χ2v) is 9.61. The van der Waals surface area contributed by atoms with Gasteiger partial charge < -0.3 is 14.6 Å².